The van der Waals surface area contributed by atoms with Crippen molar-refractivity contribution in [2.45, 2.75) is 242 Å². The number of carbonyl (C=O) groups excluding carboxylic acids is 2. The van der Waals surface area contributed by atoms with Crippen LogP contribution < -0.4 is 36.0 Å². The van der Waals surface area contributed by atoms with Crippen LogP contribution in [-0.2, 0) is 77.4 Å². The van der Waals surface area contributed by atoms with Crippen molar-refractivity contribution >= 4 is 53.6 Å². The maximum Gasteiger partial charge on any atom is 0.408 e. The van der Waals surface area contributed by atoms with E-state index in [4.69, 9.17) is 47.4 Å². The molecule has 13 N–H and O–H groups in total. The zero-order valence-corrected chi connectivity index (χ0v) is 66.5. The predicted octanol–water partition coefficient (Wildman–Crippen LogP) is 1.53. The number of likely N-dealkylation sites (N-methyl/N-ethyl adjacent to an activating group) is 4. The van der Waals surface area contributed by atoms with Crippen molar-refractivity contribution in [2.24, 2.45) is 11.8 Å². The van der Waals surface area contributed by atoms with Crippen molar-refractivity contribution in [3.63, 3.8) is 0 Å². The van der Waals surface area contributed by atoms with E-state index in [9.17, 15) is 85.7 Å². The molecule has 0 radical (unpaired) electrons. The summed E-state index contributed by atoms with van der Waals surface area (Å²) >= 11 is 0. The van der Waals surface area contributed by atoms with Gasteiger partial charge in [-0.25, -0.2) is 44.3 Å². The monoisotopic (exact) mass is 1630 g/mol. The number of nitro groups is 2. The summed E-state index contributed by atoms with van der Waals surface area (Å²) in [5, 5.41) is 107. The van der Waals surface area contributed by atoms with Gasteiger partial charge in [-0.05, 0) is 150 Å². The Kier molecular flexibility index (Phi) is 29.7. The molecule has 0 aromatic heterocycles. The molecule has 0 bridgehead atoms. The van der Waals surface area contributed by atoms with Crippen LogP contribution in [0.2, 0.25) is 0 Å². The summed E-state index contributed by atoms with van der Waals surface area (Å²) in [6.07, 6.45) is -15.3. The molecule has 6 aliphatic rings. The number of para-hydroxylation sites is 2. The number of nitrogens with one attached hydrogen (secondary N) is 7. The van der Waals surface area contributed by atoms with E-state index in [-0.39, 0.29) is 30.8 Å². The molecule has 2 saturated heterocycles. The Morgan fingerprint density at radius 1 is 0.559 bits per heavy atom. The Morgan fingerprint density at radius 3 is 1.32 bits per heavy atom. The fourth-order valence-corrected chi connectivity index (χ4v) is 18.5. The highest BCUT2D eigenvalue weighted by Crippen LogP contribution is 2.41. The molecule has 9 rings (SSSR count). The van der Waals surface area contributed by atoms with Gasteiger partial charge in [-0.15, -0.1) is 0 Å². The summed E-state index contributed by atoms with van der Waals surface area (Å²) in [5.74, 6) is -0.298. The number of amides is 2. The van der Waals surface area contributed by atoms with Gasteiger partial charge in [-0.1, -0.05) is 56.3 Å². The molecule has 622 valence electrons. The van der Waals surface area contributed by atoms with Gasteiger partial charge >= 0.3 is 12.2 Å². The van der Waals surface area contributed by atoms with E-state index in [0.29, 0.717) is 31.0 Å². The van der Waals surface area contributed by atoms with Gasteiger partial charge < -0.3 is 105 Å². The Bertz CT molecular complexity index is 4120. The quantitative estimate of drug-likeness (QED) is 0.0400. The molecule has 2 amide bonds. The number of sulfonamides is 3. The van der Waals surface area contributed by atoms with E-state index in [0.717, 1.165) is 28.6 Å². The van der Waals surface area contributed by atoms with Crippen LogP contribution in [0.1, 0.15) is 94.9 Å². The van der Waals surface area contributed by atoms with Crippen LogP contribution in [0, 0.1) is 32.1 Å². The van der Waals surface area contributed by atoms with E-state index in [1.54, 1.807) is 87.7 Å². The van der Waals surface area contributed by atoms with Crippen LogP contribution in [0.5, 0.6) is 0 Å². The molecule has 3 aromatic rings. The number of nitrogens with zero attached hydrogens (tertiary/aromatic N) is 3. The minimum Gasteiger partial charge on any atom is -0.466 e. The summed E-state index contributed by atoms with van der Waals surface area (Å²) in [7, 11) is -7.50. The molecule has 4 aliphatic heterocycles. The summed E-state index contributed by atoms with van der Waals surface area (Å²) in [6.45, 7) is 16.1. The first-order chi connectivity index (χ1) is 51.7. The van der Waals surface area contributed by atoms with Crippen LogP contribution in [0.15, 0.2) is 117 Å². The smallest absolute Gasteiger partial charge is 0.408 e. The third-order valence-corrected chi connectivity index (χ3v) is 24.2. The fourth-order valence-electron chi connectivity index (χ4n) is 14.1. The lowest BCUT2D eigenvalue weighted by Crippen LogP contribution is -2.68. The highest BCUT2D eigenvalue weighted by Gasteiger charge is 2.57. The number of hydrogen-bond donors (Lipinski definition) is 13. The number of aliphatic hydroxyl groups excluding tert-OH is 4. The number of alkyl carbamates (subject to hydrolysis) is 2. The molecule has 4 fully saturated rings. The van der Waals surface area contributed by atoms with E-state index in [2.05, 4.69) is 36.0 Å². The number of rotatable bonds is 26. The molecular formula is C70H106N10O28S3. The minimum absolute atomic E-state index is 0.0155. The molecule has 22 atom stereocenters. The molecule has 0 spiro atoms. The normalized spacial score (nSPS) is 32.9. The molecule has 0 unspecified atom stereocenters. The molecular weight excluding hydrogens is 1530 g/mol. The van der Waals surface area contributed by atoms with Crippen molar-refractivity contribution in [3.05, 3.63) is 123 Å². The Hall–Kier alpha value is -6.79. The van der Waals surface area contributed by atoms with E-state index in [1.807, 2.05) is 0 Å². The second kappa shape index (κ2) is 36.8. The molecule has 4 heterocycles. The van der Waals surface area contributed by atoms with Crippen molar-refractivity contribution in [3.8, 4) is 0 Å². The largest absolute Gasteiger partial charge is 0.466 e. The van der Waals surface area contributed by atoms with E-state index in [1.165, 1.54) is 76.5 Å². The van der Waals surface area contributed by atoms with E-state index >= 15 is 0 Å². The van der Waals surface area contributed by atoms with Gasteiger partial charge in [0.05, 0.1) is 89.5 Å². The maximum absolute atomic E-state index is 13.9. The predicted molar refractivity (Wildman–Crippen MR) is 394 cm³/mol. The number of benzene rings is 3. The van der Waals surface area contributed by atoms with Crippen LogP contribution in [0.25, 0.3) is 0 Å². The van der Waals surface area contributed by atoms with Gasteiger partial charge in [-0.2, -0.15) is 4.31 Å². The van der Waals surface area contributed by atoms with Crippen molar-refractivity contribution in [1.29, 1.82) is 0 Å². The highest BCUT2D eigenvalue weighted by molar-refractivity contribution is 7.90. The molecule has 111 heavy (non-hydrogen) atoms. The third-order valence-electron chi connectivity index (χ3n) is 19.2. The summed E-state index contributed by atoms with van der Waals surface area (Å²) in [5.41, 5.74) is -6.46. The Morgan fingerprint density at radius 2 is 0.937 bits per heavy atom. The van der Waals surface area contributed by atoms with Gasteiger partial charge in [0.1, 0.15) is 70.5 Å². The fraction of sp³-hybridized carbons (Fsp3) is 0.657. The molecule has 2 saturated carbocycles. The lowest BCUT2D eigenvalue weighted by molar-refractivity contribution is -0.388. The summed E-state index contributed by atoms with van der Waals surface area (Å²) in [4.78, 5) is 46.1. The lowest BCUT2D eigenvalue weighted by atomic mass is 9.80. The Balaban J connectivity index is 0.000000283. The van der Waals surface area contributed by atoms with Gasteiger partial charge in [-0.3, -0.25) is 20.2 Å². The topological polar surface area (TPSA) is 524 Å². The highest BCUT2D eigenvalue weighted by atomic mass is 32.2. The first-order valence-corrected chi connectivity index (χ1v) is 40.4. The zero-order valence-electron chi connectivity index (χ0n) is 64.1. The number of nitro benzene ring substituents is 2. The van der Waals surface area contributed by atoms with Gasteiger partial charge in [0.2, 0.25) is 42.6 Å². The van der Waals surface area contributed by atoms with Crippen LogP contribution in [-0.4, -0.2) is 269 Å². The summed E-state index contributed by atoms with van der Waals surface area (Å²) < 4.78 is 148. The van der Waals surface area contributed by atoms with Gasteiger partial charge in [0.15, 0.2) is 22.4 Å². The molecule has 41 heteroatoms. The zero-order chi connectivity index (χ0) is 82.3. The minimum atomic E-state index is -4.71. The van der Waals surface area contributed by atoms with Crippen molar-refractivity contribution in [2.75, 3.05) is 54.5 Å². The second-order valence-electron chi connectivity index (χ2n) is 30.7. The number of ether oxygens (including phenoxy) is 10. The van der Waals surface area contributed by atoms with E-state index < -0.39 is 224 Å². The SMILES string of the molecule is CNCC1=CC[C@@H](NC(=O)OC(C)(C)C)[C@@H](O[C@H]2[C@H](O)[C@@H](O[C@H]3OC[C@](C)(O)[C@H](N(C)S(=O)(=O)c4ccccc4)[C@H]3O)[C@H](NS(=O)(=O)c3ccccc3[N+](=O)[O-])C[C@@H]2C)O1.CNCC1=CC[C@@H](NC(=O)OC(C)(C)C)[C@@H](O[C@H]2[C@H](O)[C@@H](O[C@H]3OC[C@](C)(O)[C@H](NC)[C@H]3O)[C@H](NS(=O)(=O)c3ccccc3[N+](=O)[O-])C[C@@H]2C)O1. The third kappa shape index (κ3) is 22.4. The summed E-state index contributed by atoms with van der Waals surface area (Å²) in [6, 6.07) is 10.1. The van der Waals surface area contributed by atoms with Crippen LogP contribution in [0.3, 0.4) is 0 Å². The van der Waals surface area contributed by atoms with Crippen LogP contribution >= 0.6 is 0 Å². The number of aliphatic hydroxyl groups is 6. The second-order valence-corrected chi connectivity index (χ2v) is 36.0. The molecule has 38 nitrogen and oxygen atoms in total. The average molecular weight is 1630 g/mol. The molecule has 3 aromatic carbocycles. The number of hydrogen-bond acceptors (Lipinski definition) is 31. The van der Waals surface area contributed by atoms with Crippen LogP contribution in [0.4, 0.5) is 21.0 Å². The van der Waals surface area contributed by atoms with Crippen molar-refractivity contribution in [1.82, 2.24) is 40.3 Å². The lowest BCUT2D eigenvalue weighted by Gasteiger charge is -2.50. The van der Waals surface area contributed by atoms with Gasteiger partial charge in [0.25, 0.3) is 11.4 Å². The van der Waals surface area contributed by atoms with Gasteiger partial charge in [0, 0.05) is 19.2 Å². The van der Waals surface area contributed by atoms with Crippen molar-refractivity contribution < 1.29 is 123 Å². The maximum atomic E-state index is 13.9. The Labute approximate surface area is 645 Å². The standard InChI is InChI=1S/C38H55N5O15S2.C32H51N5O13S/c1-22-19-26(41-59(50,51)28-16-12-11-15-27(28)43(48)49)32(29(44)31(22)56-34-25(18-17-23(55-34)20-39-6)40-36(46)58-37(2,3)4)57-35-30(45)33(38(5,47)21-54-35)42(7)60(52,53)24-13-9-8-10-14-24;1-17-14-20(36-51(44,45)22-11-9-8-10-21(22)37(42)43)26(49-29-24(39)27(34-7)32(5,41)16-46-29)23(38)25(17)48-28-19(13-12-18(47-28)15-33-6)35-30(40)50-31(2,3)4/h8-17,22,25-26,29-35,39,41,44-45,47H,18-21H2,1-7H3,(H,40,46);8-12,17,19-20,23-29,33-34,36,38-39,41H,13-16H2,1-7H3,(H,35,40)/t22-,25+,26+,29-,30+,31+,32-,33+,34+,35+,38-;17-,19+,20+,23-,24+,25+,26-,27+,28+,29+,32-/m00/s1. The first kappa shape index (κ1) is 89.8. The average Bonchev–Trinajstić information content (AvgIpc) is 0.753. The number of carbonyl (C=O) groups is 2. The molecule has 2 aliphatic carbocycles. The first-order valence-electron chi connectivity index (χ1n) is 36.0.